The number of hydrogen-bond donors (Lipinski definition) is 0. The van der Waals surface area contributed by atoms with Gasteiger partial charge in [-0.05, 0) is 6.92 Å². The van der Waals surface area contributed by atoms with Gasteiger partial charge in [-0.25, -0.2) is 4.98 Å². The first-order chi connectivity index (χ1) is 8.65. The van der Waals surface area contributed by atoms with Crippen LogP contribution in [0.4, 0.5) is 0 Å². The molecule has 0 radical (unpaired) electrons. The number of rotatable bonds is 2. The zero-order chi connectivity index (χ0) is 12.7. The fourth-order valence-electron chi connectivity index (χ4n) is 1.84. The van der Waals surface area contributed by atoms with Crippen molar-refractivity contribution < 1.29 is 4.52 Å². The Labute approximate surface area is 102 Å². The van der Waals surface area contributed by atoms with Gasteiger partial charge in [-0.2, -0.15) is 5.10 Å². The molecular weight excluding hydrogens is 234 g/mol. The van der Waals surface area contributed by atoms with E-state index < -0.39 is 0 Å². The molecule has 0 atom stereocenters. The summed E-state index contributed by atoms with van der Waals surface area (Å²) in [5.41, 5.74) is 1.22. The quantitative estimate of drug-likeness (QED) is 0.656. The molecule has 7 heteroatoms. The lowest BCUT2D eigenvalue weighted by Gasteiger charge is -2.01. The molecule has 0 aliphatic carbocycles. The van der Waals surface area contributed by atoms with E-state index in [0.29, 0.717) is 23.3 Å². The van der Waals surface area contributed by atoms with Crippen molar-refractivity contribution in [2.45, 2.75) is 13.5 Å². The lowest BCUT2D eigenvalue weighted by molar-refractivity contribution is 0.371. The third-order valence-electron chi connectivity index (χ3n) is 2.72. The van der Waals surface area contributed by atoms with Crippen molar-refractivity contribution in [3.05, 3.63) is 40.4 Å². The van der Waals surface area contributed by atoms with E-state index in [1.165, 1.54) is 17.1 Å². The summed E-state index contributed by atoms with van der Waals surface area (Å²) in [6.45, 7) is 2.15. The van der Waals surface area contributed by atoms with E-state index in [4.69, 9.17) is 4.52 Å². The van der Waals surface area contributed by atoms with Crippen LogP contribution < -0.4 is 5.56 Å². The number of nitrogens with zero attached hydrogens (tertiary/aromatic N) is 5. The predicted molar refractivity (Wildman–Crippen MR) is 63.1 cm³/mol. The van der Waals surface area contributed by atoms with E-state index >= 15 is 0 Å². The topological polar surface area (TPSA) is 78.7 Å². The first kappa shape index (κ1) is 10.7. The lowest BCUT2D eigenvalue weighted by atomic mass is 10.3. The number of fused-ring (bicyclic) bond motifs is 1. The summed E-state index contributed by atoms with van der Waals surface area (Å²) in [6.07, 6.45) is 3.01. The number of aromatic nitrogens is 5. The fraction of sp³-hybridized carbons (Fsp3) is 0.273. The molecule has 3 heterocycles. The molecule has 0 aliphatic heterocycles. The van der Waals surface area contributed by atoms with Gasteiger partial charge in [0.25, 0.3) is 5.56 Å². The minimum absolute atomic E-state index is 0.137. The minimum Gasteiger partial charge on any atom is -0.359 e. The van der Waals surface area contributed by atoms with Crippen LogP contribution in [0, 0.1) is 6.92 Å². The molecule has 0 aromatic carbocycles. The van der Waals surface area contributed by atoms with Gasteiger partial charge in [-0.3, -0.25) is 14.0 Å². The third kappa shape index (κ3) is 1.60. The van der Waals surface area contributed by atoms with Crippen LogP contribution >= 0.6 is 0 Å². The van der Waals surface area contributed by atoms with E-state index in [1.54, 1.807) is 17.8 Å². The maximum Gasteiger partial charge on any atom is 0.264 e. The summed E-state index contributed by atoms with van der Waals surface area (Å²) in [5, 5.41) is 8.29. The monoisotopic (exact) mass is 245 g/mol. The van der Waals surface area contributed by atoms with Gasteiger partial charge in [0.15, 0.2) is 11.4 Å². The van der Waals surface area contributed by atoms with Gasteiger partial charge in [0.05, 0.1) is 18.4 Å². The molecule has 0 amide bonds. The molecule has 3 aromatic rings. The van der Waals surface area contributed by atoms with Crippen LogP contribution in [0.25, 0.3) is 11.0 Å². The Balaban J connectivity index is 2.07. The van der Waals surface area contributed by atoms with E-state index in [9.17, 15) is 4.79 Å². The van der Waals surface area contributed by atoms with Crippen molar-refractivity contribution in [2.75, 3.05) is 0 Å². The van der Waals surface area contributed by atoms with Crippen molar-refractivity contribution in [3.63, 3.8) is 0 Å². The smallest absolute Gasteiger partial charge is 0.264 e. The van der Waals surface area contributed by atoms with Crippen LogP contribution in [-0.4, -0.2) is 24.5 Å². The highest BCUT2D eigenvalue weighted by Crippen LogP contribution is 2.06. The van der Waals surface area contributed by atoms with Crippen LogP contribution in [0.15, 0.2) is 27.9 Å². The molecule has 92 valence electrons. The molecule has 0 bridgehead atoms. The molecule has 0 unspecified atom stereocenters. The summed E-state index contributed by atoms with van der Waals surface area (Å²) in [7, 11) is 1.75. The minimum atomic E-state index is -0.137. The molecular formula is C11H11N5O2. The summed E-state index contributed by atoms with van der Waals surface area (Å²) in [6, 6.07) is 1.79. The van der Waals surface area contributed by atoms with Crippen LogP contribution in [-0.2, 0) is 13.6 Å². The van der Waals surface area contributed by atoms with E-state index in [0.717, 1.165) is 5.69 Å². The highest BCUT2D eigenvalue weighted by atomic mass is 16.5. The van der Waals surface area contributed by atoms with Gasteiger partial charge in [-0.15, -0.1) is 0 Å². The van der Waals surface area contributed by atoms with Gasteiger partial charge in [0.2, 0.25) is 0 Å². The van der Waals surface area contributed by atoms with E-state index in [-0.39, 0.29) is 5.56 Å². The summed E-state index contributed by atoms with van der Waals surface area (Å²) < 4.78 is 8.13. The van der Waals surface area contributed by atoms with Crippen molar-refractivity contribution in [1.82, 2.24) is 24.5 Å². The average Bonchev–Trinajstić information content (AvgIpc) is 2.91. The second kappa shape index (κ2) is 3.80. The van der Waals surface area contributed by atoms with Gasteiger partial charge >= 0.3 is 0 Å². The number of aryl methyl sites for hydroxylation is 2. The maximum absolute atomic E-state index is 12.2. The summed E-state index contributed by atoms with van der Waals surface area (Å²) in [5.74, 6) is 0.625. The highest BCUT2D eigenvalue weighted by molar-refractivity contribution is 5.72. The van der Waals surface area contributed by atoms with Crippen molar-refractivity contribution in [3.8, 4) is 0 Å². The first-order valence-electron chi connectivity index (χ1n) is 5.44. The Bertz CT molecular complexity index is 767. The van der Waals surface area contributed by atoms with Gasteiger partial charge in [-0.1, -0.05) is 5.16 Å². The lowest BCUT2D eigenvalue weighted by Crippen LogP contribution is -2.20. The van der Waals surface area contributed by atoms with Crippen LogP contribution in [0.1, 0.15) is 11.5 Å². The van der Waals surface area contributed by atoms with Crippen molar-refractivity contribution in [2.24, 2.45) is 7.05 Å². The Morgan fingerprint density at radius 2 is 2.28 bits per heavy atom. The molecule has 0 spiro atoms. The maximum atomic E-state index is 12.2. The zero-order valence-electron chi connectivity index (χ0n) is 9.99. The van der Waals surface area contributed by atoms with Crippen molar-refractivity contribution >= 4 is 11.0 Å². The molecule has 0 saturated carbocycles. The Kier molecular flexibility index (Phi) is 2.26. The molecule has 3 aromatic heterocycles. The zero-order valence-corrected chi connectivity index (χ0v) is 9.99. The fourth-order valence-corrected chi connectivity index (χ4v) is 1.84. The Hall–Kier alpha value is -2.44. The molecule has 18 heavy (non-hydrogen) atoms. The molecule has 0 aliphatic rings. The molecule has 7 nitrogen and oxygen atoms in total. The standard InChI is InChI=1S/C11H11N5O2/c1-7-3-8(18-14-7)5-16-6-12-10-9(11(16)17)4-13-15(10)2/h3-4,6H,5H2,1-2H3. The van der Waals surface area contributed by atoms with Crippen LogP contribution in [0.5, 0.6) is 0 Å². The van der Waals surface area contributed by atoms with E-state index in [2.05, 4.69) is 15.2 Å². The second-order valence-electron chi connectivity index (χ2n) is 4.12. The second-order valence-corrected chi connectivity index (χ2v) is 4.12. The van der Waals surface area contributed by atoms with Crippen molar-refractivity contribution in [1.29, 1.82) is 0 Å². The Morgan fingerprint density at radius 3 is 3.00 bits per heavy atom. The number of hydrogen-bond acceptors (Lipinski definition) is 5. The third-order valence-corrected chi connectivity index (χ3v) is 2.72. The summed E-state index contributed by atoms with van der Waals surface area (Å²) >= 11 is 0. The molecule has 3 rings (SSSR count). The van der Waals surface area contributed by atoms with Gasteiger partial charge < -0.3 is 4.52 Å². The SMILES string of the molecule is Cc1cc(Cn2cnc3c(cnn3C)c2=O)on1. The van der Waals surface area contributed by atoms with Crippen LogP contribution in [0.3, 0.4) is 0 Å². The first-order valence-corrected chi connectivity index (χ1v) is 5.44. The van der Waals surface area contributed by atoms with Gasteiger partial charge in [0.1, 0.15) is 11.7 Å². The molecule has 0 saturated heterocycles. The largest absolute Gasteiger partial charge is 0.359 e. The Morgan fingerprint density at radius 1 is 1.44 bits per heavy atom. The molecule has 0 N–H and O–H groups in total. The normalized spacial score (nSPS) is 11.2. The van der Waals surface area contributed by atoms with E-state index in [1.807, 2.05) is 6.92 Å². The average molecular weight is 245 g/mol. The van der Waals surface area contributed by atoms with Gasteiger partial charge in [0, 0.05) is 13.1 Å². The molecule has 0 fully saturated rings. The predicted octanol–water partition coefficient (Wildman–Crippen LogP) is 0.475. The van der Waals surface area contributed by atoms with Crippen LogP contribution in [0.2, 0.25) is 0 Å². The summed E-state index contributed by atoms with van der Waals surface area (Å²) in [4.78, 5) is 16.4. The highest BCUT2D eigenvalue weighted by Gasteiger charge is 2.09.